The lowest BCUT2D eigenvalue weighted by molar-refractivity contribution is -0.113. The second-order valence-electron chi connectivity index (χ2n) is 6.58. The molecule has 0 saturated carbocycles. The molecule has 0 bridgehead atoms. The number of methoxy groups -OCH3 is 2. The van der Waals surface area contributed by atoms with E-state index in [9.17, 15) is 9.59 Å². The Bertz CT molecular complexity index is 1080. The Morgan fingerprint density at radius 1 is 1.00 bits per heavy atom. The average molecular weight is 459 g/mol. The molecule has 1 aromatic heterocycles. The summed E-state index contributed by atoms with van der Waals surface area (Å²) in [5, 5.41) is 13.9. The van der Waals surface area contributed by atoms with E-state index in [2.05, 4.69) is 20.8 Å². The molecule has 3 rings (SSSR count). The van der Waals surface area contributed by atoms with Gasteiger partial charge in [0.2, 0.25) is 11.0 Å². The smallest absolute Gasteiger partial charge is 0.257 e. The first-order valence-electron chi connectivity index (χ1n) is 9.25. The monoisotopic (exact) mass is 458 g/mol. The van der Waals surface area contributed by atoms with Crippen LogP contribution in [0.5, 0.6) is 11.5 Å². The van der Waals surface area contributed by atoms with Gasteiger partial charge in [-0.2, -0.15) is 0 Å². The topological polar surface area (TPSA) is 102 Å². The highest BCUT2D eigenvalue weighted by Crippen LogP contribution is 2.27. The number of hydrogen-bond acceptors (Lipinski definition) is 8. The third-order valence-electron chi connectivity index (χ3n) is 4.22. The number of carbonyl (C=O) groups excluding carboxylic acids is 2. The zero-order valence-electron chi connectivity index (χ0n) is 17.5. The fourth-order valence-electron chi connectivity index (χ4n) is 2.69. The zero-order chi connectivity index (χ0) is 22.4. The fourth-order valence-corrected chi connectivity index (χ4v) is 4.24. The maximum Gasteiger partial charge on any atom is 0.257 e. The van der Waals surface area contributed by atoms with Gasteiger partial charge in [-0.1, -0.05) is 40.8 Å². The van der Waals surface area contributed by atoms with Crippen LogP contribution in [0.2, 0.25) is 0 Å². The van der Waals surface area contributed by atoms with Crippen molar-refractivity contribution in [3.05, 3.63) is 53.1 Å². The Labute approximate surface area is 188 Å². The maximum atomic E-state index is 12.5. The lowest BCUT2D eigenvalue weighted by atomic mass is 10.1. The predicted molar refractivity (Wildman–Crippen MR) is 123 cm³/mol. The fraction of sp³-hybridized carbons (Fsp3) is 0.238. The number of hydrogen-bond donors (Lipinski definition) is 2. The molecule has 0 spiro atoms. The molecular formula is C21H22N4O4S2. The number of carbonyl (C=O) groups is 2. The first kappa shape index (κ1) is 22.6. The Morgan fingerprint density at radius 2 is 1.71 bits per heavy atom. The molecule has 2 amide bonds. The summed E-state index contributed by atoms with van der Waals surface area (Å²) in [7, 11) is 3.03. The van der Waals surface area contributed by atoms with Crippen LogP contribution in [0.1, 0.15) is 21.5 Å². The van der Waals surface area contributed by atoms with E-state index in [0.717, 1.165) is 16.8 Å². The number of nitrogens with zero attached hydrogens (tertiary/aromatic N) is 2. The SMILES string of the molecule is COc1cc(OC)cc(C(=O)Nc2nnc(SCC(=O)Nc3ccc(C)cc3C)s2)c1. The average Bonchev–Trinajstić information content (AvgIpc) is 3.21. The number of benzene rings is 2. The molecule has 0 aliphatic carbocycles. The summed E-state index contributed by atoms with van der Waals surface area (Å²) in [6.07, 6.45) is 0. The summed E-state index contributed by atoms with van der Waals surface area (Å²) < 4.78 is 10.9. The molecule has 0 unspecified atom stereocenters. The second kappa shape index (κ2) is 10.3. The van der Waals surface area contributed by atoms with Gasteiger partial charge < -0.3 is 14.8 Å². The van der Waals surface area contributed by atoms with E-state index < -0.39 is 0 Å². The third-order valence-corrected chi connectivity index (χ3v) is 6.20. The molecule has 2 N–H and O–H groups in total. The van der Waals surface area contributed by atoms with Crippen LogP contribution in [0.15, 0.2) is 40.7 Å². The molecule has 1 heterocycles. The molecule has 0 aliphatic heterocycles. The Balaban J connectivity index is 1.56. The van der Waals surface area contributed by atoms with Gasteiger partial charge >= 0.3 is 0 Å². The molecule has 10 heteroatoms. The van der Waals surface area contributed by atoms with E-state index in [-0.39, 0.29) is 17.6 Å². The molecule has 162 valence electrons. The normalized spacial score (nSPS) is 10.5. The first-order chi connectivity index (χ1) is 14.9. The van der Waals surface area contributed by atoms with Gasteiger partial charge in [-0.25, -0.2) is 0 Å². The van der Waals surface area contributed by atoms with Crippen LogP contribution >= 0.6 is 23.1 Å². The van der Waals surface area contributed by atoms with Crippen molar-refractivity contribution < 1.29 is 19.1 Å². The molecular weight excluding hydrogens is 436 g/mol. The van der Waals surface area contributed by atoms with Gasteiger partial charge in [0, 0.05) is 17.3 Å². The lowest BCUT2D eigenvalue weighted by Crippen LogP contribution is -2.14. The second-order valence-corrected chi connectivity index (χ2v) is 8.78. The van der Waals surface area contributed by atoms with Crippen LogP contribution in [0, 0.1) is 13.8 Å². The molecule has 0 radical (unpaired) electrons. The number of rotatable bonds is 8. The summed E-state index contributed by atoms with van der Waals surface area (Å²) in [5.74, 6) is 0.697. The number of aromatic nitrogens is 2. The van der Waals surface area contributed by atoms with Crippen molar-refractivity contribution >= 4 is 45.7 Å². The zero-order valence-corrected chi connectivity index (χ0v) is 19.1. The number of thioether (sulfide) groups is 1. The third kappa shape index (κ3) is 6.19. The standard InChI is InChI=1S/C21H22N4O4S2/c1-12-5-6-17(13(2)7-12)22-18(26)11-30-21-25-24-20(31-21)23-19(27)14-8-15(28-3)10-16(9-14)29-4/h5-10H,11H2,1-4H3,(H,22,26)(H,23,24,27). The Morgan fingerprint density at radius 3 is 2.35 bits per heavy atom. The quantitative estimate of drug-likeness (QED) is 0.386. The van der Waals surface area contributed by atoms with Gasteiger partial charge in [0.05, 0.1) is 20.0 Å². The Hall–Kier alpha value is -3.11. The van der Waals surface area contributed by atoms with Crippen LogP contribution in [0.3, 0.4) is 0 Å². The summed E-state index contributed by atoms with van der Waals surface area (Å²) in [6.45, 7) is 3.96. The van der Waals surface area contributed by atoms with Crippen LogP contribution in [0.4, 0.5) is 10.8 Å². The van der Waals surface area contributed by atoms with Gasteiger partial charge in [0.15, 0.2) is 4.34 Å². The Kier molecular flexibility index (Phi) is 7.48. The minimum absolute atomic E-state index is 0.138. The van der Waals surface area contributed by atoms with E-state index in [0.29, 0.717) is 26.5 Å². The molecule has 0 saturated heterocycles. The molecule has 0 fully saturated rings. The minimum Gasteiger partial charge on any atom is -0.497 e. The van der Waals surface area contributed by atoms with E-state index in [1.54, 1.807) is 18.2 Å². The maximum absolute atomic E-state index is 12.5. The van der Waals surface area contributed by atoms with Gasteiger partial charge in [-0.3, -0.25) is 14.9 Å². The molecule has 0 atom stereocenters. The lowest BCUT2D eigenvalue weighted by Gasteiger charge is -2.08. The highest BCUT2D eigenvalue weighted by molar-refractivity contribution is 8.01. The van der Waals surface area contributed by atoms with Crippen molar-refractivity contribution in [2.75, 3.05) is 30.6 Å². The van der Waals surface area contributed by atoms with Crippen molar-refractivity contribution in [2.45, 2.75) is 18.2 Å². The van der Waals surface area contributed by atoms with Crippen molar-refractivity contribution in [1.29, 1.82) is 0 Å². The van der Waals surface area contributed by atoms with E-state index >= 15 is 0 Å². The van der Waals surface area contributed by atoms with Crippen LogP contribution in [-0.4, -0.2) is 42.0 Å². The molecule has 31 heavy (non-hydrogen) atoms. The van der Waals surface area contributed by atoms with Crippen LogP contribution < -0.4 is 20.1 Å². The number of anilines is 2. The van der Waals surface area contributed by atoms with Crippen molar-refractivity contribution in [3.63, 3.8) is 0 Å². The van der Waals surface area contributed by atoms with Gasteiger partial charge in [-0.15, -0.1) is 10.2 Å². The number of nitrogens with one attached hydrogen (secondary N) is 2. The van der Waals surface area contributed by atoms with E-state index in [4.69, 9.17) is 9.47 Å². The number of ether oxygens (including phenoxy) is 2. The van der Waals surface area contributed by atoms with E-state index in [1.165, 1.54) is 37.3 Å². The van der Waals surface area contributed by atoms with Crippen LogP contribution in [0.25, 0.3) is 0 Å². The highest BCUT2D eigenvalue weighted by atomic mass is 32.2. The minimum atomic E-state index is -0.363. The molecule has 3 aromatic rings. The highest BCUT2D eigenvalue weighted by Gasteiger charge is 2.14. The first-order valence-corrected chi connectivity index (χ1v) is 11.1. The van der Waals surface area contributed by atoms with Crippen LogP contribution in [-0.2, 0) is 4.79 Å². The predicted octanol–water partition coefficient (Wildman–Crippen LogP) is 4.16. The van der Waals surface area contributed by atoms with Gasteiger partial charge in [0.25, 0.3) is 5.91 Å². The summed E-state index contributed by atoms with van der Waals surface area (Å²) in [5.41, 5.74) is 3.30. The van der Waals surface area contributed by atoms with Crippen molar-refractivity contribution in [3.8, 4) is 11.5 Å². The summed E-state index contributed by atoms with van der Waals surface area (Å²) >= 11 is 2.45. The largest absolute Gasteiger partial charge is 0.497 e. The number of aryl methyl sites for hydroxylation is 2. The summed E-state index contributed by atoms with van der Waals surface area (Å²) in [4.78, 5) is 24.8. The van der Waals surface area contributed by atoms with Crippen molar-refractivity contribution in [1.82, 2.24) is 10.2 Å². The van der Waals surface area contributed by atoms with E-state index in [1.807, 2.05) is 32.0 Å². The molecule has 2 aromatic carbocycles. The summed E-state index contributed by atoms with van der Waals surface area (Å²) in [6, 6.07) is 10.7. The number of amides is 2. The van der Waals surface area contributed by atoms with Gasteiger partial charge in [0.1, 0.15) is 11.5 Å². The van der Waals surface area contributed by atoms with Crippen molar-refractivity contribution in [2.24, 2.45) is 0 Å². The molecule has 8 nitrogen and oxygen atoms in total. The molecule has 0 aliphatic rings. The van der Waals surface area contributed by atoms with Gasteiger partial charge in [-0.05, 0) is 37.6 Å².